The van der Waals surface area contributed by atoms with E-state index in [2.05, 4.69) is 24.5 Å². The topological polar surface area (TPSA) is 50.4 Å². The average molecular weight is 306 g/mol. The van der Waals surface area contributed by atoms with Crippen molar-refractivity contribution in [1.82, 2.24) is 5.32 Å². The molecular formula is C18H30N2O2. The van der Waals surface area contributed by atoms with E-state index >= 15 is 0 Å². The van der Waals surface area contributed by atoms with E-state index in [1.807, 2.05) is 24.3 Å². The zero-order valence-electron chi connectivity index (χ0n) is 14.0. The summed E-state index contributed by atoms with van der Waals surface area (Å²) in [7, 11) is 0. The van der Waals surface area contributed by atoms with E-state index in [1.165, 1.54) is 19.3 Å². The van der Waals surface area contributed by atoms with Crippen molar-refractivity contribution in [3.8, 4) is 5.75 Å². The number of unbranched alkanes of at least 4 members (excludes halogenated alkanes) is 4. The number of rotatable bonds is 12. The maximum Gasteiger partial charge on any atom is 0.239 e. The fourth-order valence-electron chi connectivity index (χ4n) is 2.04. The molecule has 1 aromatic carbocycles. The molecule has 0 aromatic heterocycles. The molecule has 1 amide bonds. The minimum absolute atomic E-state index is 0.0321. The van der Waals surface area contributed by atoms with E-state index in [0.717, 1.165) is 43.9 Å². The van der Waals surface area contributed by atoms with E-state index in [9.17, 15) is 4.79 Å². The van der Waals surface area contributed by atoms with Gasteiger partial charge in [0.25, 0.3) is 0 Å². The number of carbonyl (C=O) groups is 1. The Balaban J connectivity index is 2.19. The van der Waals surface area contributed by atoms with Gasteiger partial charge in [0.15, 0.2) is 0 Å². The maximum atomic E-state index is 11.6. The molecule has 2 N–H and O–H groups in total. The number of benzene rings is 1. The smallest absolute Gasteiger partial charge is 0.239 e. The molecule has 0 aliphatic carbocycles. The summed E-state index contributed by atoms with van der Waals surface area (Å²) in [6.45, 7) is 6.14. The second-order valence-corrected chi connectivity index (χ2v) is 5.49. The van der Waals surface area contributed by atoms with Gasteiger partial charge in [-0.1, -0.05) is 39.5 Å². The Morgan fingerprint density at radius 3 is 2.41 bits per heavy atom. The second-order valence-electron chi connectivity index (χ2n) is 5.49. The molecule has 4 nitrogen and oxygen atoms in total. The van der Waals surface area contributed by atoms with Gasteiger partial charge in [0.05, 0.1) is 13.2 Å². The van der Waals surface area contributed by atoms with Crippen LogP contribution in [0.5, 0.6) is 5.75 Å². The van der Waals surface area contributed by atoms with Crippen LogP contribution >= 0.6 is 0 Å². The Morgan fingerprint density at radius 2 is 1.73 bits per heavy atom. The highest BCUT2D eigenvalue weighted by atomic mass is 16.5. The summed E-state index contributed by atoms with van der Waals surface area (Å²) in [5, 5.41) is 6.00. The fraction of sp³-hybridized carbons (Fsp3) is 0.611. The summed E-state index contributed by atoms with van der Waals surface area (Å²) in [6.07, 6.45) is 6.96. The SMILES string of the molecule is CCCCCCOc1ccc(NCC(=O)NCCCC)cc1. The van der Waals surface area contributed by atoms with Gasteiger partial charge in [-0.25, -0.2) is 0 Å². The maximum absolute atomic E-state index is 11.6. The van der Waals surface area contributed by atoms with Gasteiger partial charge in [0.2, 0.25) is 5.91 Å². The Kier molecular flexibility index (Phi) is 9.92. The molecule has 0 aliphatic heterocycles. The van der Waals surface area contributed by atoms with Crippen molar-refractivity contribution < 1.29 is 9.53 Å². The van der Waals surface area contributed by atoms with E-state index in [-0.39, 0.29) is 5.91 Å². The molecule has 0 heterocycles. The largest absolute Gasteiger partial charge is 0.494 e. The highest BCUT2D eigenvalue weighted by Gasteiger charge is 2.00. The number of carbonyl (C=O) groups excluding carboxylic acids is 1. The molecule has 1 rings (SSSR count). The van der Waals surface area contributed by atoms with Crippen LogP contribution in [0.3, 0.4) is 0 Å². The van der Waals surface area contributed by atoms with Crippen LogP contribution in [0.4, 0.5) is 5.69 Å². The van der Waals surface area contributed by atoms with Crippen LogP contribution in [0.25, 0.3) is 0 Å². The number of ether oxygens (including phenoxy) is 1. The van der Waals surface area contributed by atoms with Crippen molar-refractivity contribution in [2.45, 2.75) is 52.4 Å². The van der Waals surface area contributed by atoms with Crippen molar-refractivity contribution >= 4 is 11.6 Å². The van der Waals surface area contributed by atoms with Crippen molar-refractivity contribution in [1.29, 1.82) is 0 Å². The first-order chi connectivity index (χ1) is 10.8. The van der Waals surface area contributed by atoms with Crippen molar-refractivity contribution in [3.63, 3.8) is 0 Å². The van der Waals surface area contributed by atoms with Crippen molar-refractivity contribution in [2.24, 2.45) is 0 Å². The van der Waals surface area contributed by atoms with Crippen LogP contribution < -0.4 is 15.4 Å². The van der Waals surface area contributed by atoms with E-state index in [4.69, 9.17) is 4.74 Å². The molecule has 1 aromatic rings. The molecule has 0 aliphatic rings. The van der Waals surface area contributed by atoms with E-state index < -0.39 is 0 Å². The number of amides is 1. The summed E-state index contributed by atoms with van der Waals surface area (Å²) in [6, 6.07) is 7.77. The number of hydrogen-bond acceptors (Lipinski definition) is 3. The van der Waals surface area contributed by atoms with Gasteiger partial charge in [0, 0.05) is 12.2 Å². The Morgan fingerprint density at radius 1 is 1.00 bits per heavy atom. The molecule has 4 heteroatoms. The first-order valence-electron chi connectivity index (χ1n) is 8.49. The molecule has 22 heavy (non-hydrogen) atoms. The standard InChI is InChI=1S/C18H30N2O2/c1-3-5-7-8-14-22-17-11-9-16(10-12-17)20-15-18(21)19-13-6-4-2/h9-12,20H,3-8,13-15H2,1-2H3,(H,19,21). The predicted octanol–water partition coefficient (Wildman–Crippen LogP) is 3.97. The van der Waals surface area contributed by atoms with Crippen LogP contribution in [0, 0.1) is 0 Å². The lowest BCUT2D eigenvalue weighted by Crippen LogP contribution is -2.30. The molecule has 0 bridgehead atoms. The monoisotopic (exact) mass is 306 g/mol. The number of hydrogen-bond donors (Lipinski definition) is 2. The van der Waals surface area contributed by atoms with Crippen LogP contribution in [-0.4, -0.2) is 25.6 Å². The van der Waals surface area contributed by atoms with Crippen molar-refractivity contribution in [2.75, 3.05) is 25.0 Å². The average Bonchev–Trinajstić information content (AvgIpc) is 2.54. The fourth-order valence-corrected chi connectivity index (χ4v) is 2.04. The molecule has 0 saturated carbocycles. The summed E-state index contributed by atoms with van der Waals surface area (Å²) in [5.74, 6) is 0.916. The van der Waals surface area contributed by atoms with Gasteiger partial charge in [-0.2, -0.15) is 0 Å². The third-order valence-electron chi connectivity index (χ3n) is 3.43. The highest BCUT2D eigenvalue weighted by molar-refractivity contribution is 5.80. The van der Waals surface area contributed by atoms with Crippen LogP contribution in [0.2, 0.25) is 0 Å². The summed E-state index contributed by atoms with van der Waals surface area (Å²) in [5.41, 5.74) is 0.934. The van der Waals surface area contributed by atoms with Gasteiger partial charge in [0.1, 0.15) is 5.75 Å². The van der Waals surface area contributed by atoms with Crippen molar-refractivity contribution in [3.05, 3.63) is 24.3 Å². The predicted molar refractivity (Wildman–Crippen MR) is 92.5 cm³/mol. The second kappa shape index (κ2) is 11.9. The summed E-state index contributed by atoms with van der Waals surface area (Å²) < 4.78 is 5.69. The molecule has 0 unspecified atom stereocenters. The van der Waals surface area contributed by atoms with Gasteiger partial charge in [-0.05, 0) is 37.1 Å². The van der Waals surface area contributed by atoms with Gasteiger partial charge in [-0.15, -0.1) is 0 Å². The zero-order chi connectivity index (χ0) is 16.0. The molecule has 0 atom stereocenters. The highest BCUT2D eigenvalue weighted by Crippen LogP contribution is 2.16. The molecule has 0 fully saturated rings. The van der Waals surface area contributed by atoms with Gasteiger partial charge in [-0.3, -0.25) is 4.79 Å². The molecule has 0 radical (unpaired) electrons. The first kappa shape index (κ1) is 18.3. The van der Waals surface area contributed by atoms with Gasteiger partial charge < -0.3 is 15.4 Å². The van der Waals surface area contributed by atoms with Crippen LogP contribution in [0.15, 0.2) is 24.3 Å². The summed E-state index contributed by atoms with van der Waals surface area (Å²) in [4.78, 5) is 11.6. The molecule has 124 valence electrons. The normalized spacial score (nSPS) is 10.3. The zero-order valence-corrected chi connectivity index (χ0v) is 14.0. The molecule has 0 saturated heterocycles. The van der Waals surface area contributed by atoms with Crippen LogP contribution in [-0.2, 0) is 4.79 Å². The number of anilines is 1. The lowest BCUT2D eigenvalue weighted by molar-refractivity contribution is -0.119. The van der Waals surface area contributed by atoms with Gasteiger partial charge >= 0.3 is 0 Å². The van der Waals surface area contributed by atoms with E-state index in [0.29, 0.717) is 6.54 Å². The minimum Gasteiger partial charge on any atom is -0.494 e. The molecular weight excluding hydrogens is 276 g/mol. The van der Waals surface area contributed by atoms with E-state index in [1.54, 1.807) is 0 Å². The Hall–Kier alpha value is -1.71. The molecule has 0 spiro atoms. The Labute approximate surface area is 134 Å². The first-order valence-corrected chi connectivity index (χ1v) is 8.49. The third kappa shape index (κ3) is 8.55. The number of nitrogens with one attached hydrogen (secondary N) is 2. The lowest BCUT2D eigenvalue weighted by Gasteiger charge is -2.09. The lowest BCUT2D eigenvalue weighted by atomic mass is 10.2. The third-order valence-corrected chi connectivity index (χ3v) is 3.43. The Bertz CT molecular complexity index is 404. The minimum atomic E-state index is 0.0321. The summed E-state index contributed by atoms with van der Waals surface area (Å²) >= 11 is 0. The quantitative estimate of drug-likeness (QED) is 0.574. The van der Waals surface area contributed by atoms with Crippen LogP contribution in [0.1, 0.15) is 52.4 Å².